The summed E-state index contributed by atoms with van der Waals surface area (Å²) in [5, 5.41) is 6.16. The number of esters is 1. The van der Waals surface area contributed by atoms with E-state index in [0.29, 0.717) is 0 Å². The number of rotatable bonds is 3. The average molecular weight is 238 g/mol. The van der Waals surface area contributed by atoms with E-state index in [2.05, 4.69) is 24.1 Å². The first-order chi connectivity index (χ1) is 6.79. The Bertz CT molecular complexity index is 440. The second kappa shape index (κ2) is 3.52. The van der Waals surface area contributed by atoms with E-state index >= 15 is 0 Å². The standard InChI is InChI=1S/C4H6N4O6S/c1-13-2(9)4(14-15(10,11)12)6-3(5)7-8-4/h1H3,(H2,5,6)(H,10,11,12). The lowest BCUT2D eigenvalue weighted by Crippen LogP contribution is -2.39. The van der Waals surface area contributed by atoms with Gasteiger partial charge in [0.2, 0.25) is 5.96 Å². The molecule has 0 amide bonds. The highest BCUT2D eigenvalue weighted by Crippen LogP contribution is 2.24. The molecule has 0 spiro atoms. The van der Waals surface area contributed by atoms with Gasteiger partial charge in [0.25, 0.3) is 0 Å². The number of ether oxygens (including phenoxy) is 1. The highest BCUT2D eigenvalue weighted by atomic mass is 32.3. The van der Waals surface area contributed by atoms with E-state index in [4.69, 9.17) is 10.3 Å². The normalized spacial score (nSPS) is 25.1. The number of hydrogen-bond acceptors (Lipinski definition) is 9. The maximum Gasteiger partial charge on any atom is 0.401 e. The third-order valence-corrected chi connectivity index (χ3v) is 1.67. The molecule has 1 aliphatic rings. The van der Waals surface area contributed by atoms with E-state index in [1.54, 1.807) is 0 Å². The van der Waals surface area contributed by atoms with Crippen molar-refractivity contribution in [3.63, 3.8) is 0 Å². The van der Waals surface area contributed by atoms with Crippen molar-refractivity contribution in [3.8, 4) is 0 Å². The largest absolute Gasteiger partial charge is 0.464 e. The van der Waals surface area contributed by atoms with Crippen molar-refractivity contribution in [1.29, 1.82) is 0 Å². The Hall–Kier alpha value is -1.59. The number of carbonyl (C=O) groups is 1. The fourth-order valence-electron chi connectivity index (χ4n) is 0.755. The monoisotopic (exact) mass is 238 g/mol. The molecule has 0 aromatic carbocycles. The summed E-state index contributed by atoms with van der Waals surface area (Å²) in [6.07, 6.45) is 0. The first-order valence-corrected chi connectivity index (χ1v) is 4.70. The lowest BCUT2D eigenvalue weighted by Gasteiger charge is -2.15. The van der Waals surface area contributed by atoms with Crippen LogP contribution in [0.3, 0.4) is 0 Å². The first-order valence-electron chi connectivity index (χ1n) is 3.34. The predicted octanol–water partition coefficient (Wildman–Crippen LogP) is -1.59. The van der Waals surface area contributed by atoms with E-state index in [1.165, 1.54) is 0 Å². The van der Waals surface area contributed by atoms with Crippen LogP contribution in [-0.2, 0) is 24.1 Å². The number of aliphatic imine (C=N–C) groups is 1. The molecule has 10 nitrogen and oxygen atoms in total. The van der Waals surface area contributed by atoms with Gasteiger partial charge in [0, 0.05) is 0 Å². The summed E-state index contributed by atoms with van der Waals surface area (Å²) in [6, 6.07) is 0. The highest BCUT2D eigenvalue weighted by Gasteiger charge is 2.49. The summed E-state index contributed by atoms with van der Waals surface area (Å²) in [6.45, 7) is 0. The number of azo groups is 1. The summed E-state index contributed by atoms with van der Waals surface area (Å²) in [4.78, 5) is 14.3. The molecule has 11 heteroatoms. The first kappa shape index (κ1) is 11.5. The molecule has 1 rings (SSSR count). The number of guanidine groups is 1. The van der Waals surface area contributed by atoms with Gasteiger partial charge in [-0.2, -0.15) is 17.6 Å². The summed E-state index contributed by atoms with van der Waals surface area (Å²) in [5.74, 6) is -4.39. The molecule has 0 aromatic heterocycles. The number of hydrogen-bond donors (Lipinski definition) is 2. The molecule has 1 unspecified atom stereocenters. The molecule has 0 aliphatic carbocycles. The Morgan fingerprint density at radius 1 is 1.60 bits per heavy atom. The van der Waals surface area contributed by atoms with Gasteiger partial charge in [-0.15, -0.1) is 10.2 Å². The minimum atomic E-state index is -4.96. The number of nitrogens with zero attached hydrogens (tertiary/aromatic N) is 3. The van der Waals surface area contributed by atoms with Gasteiger partial charge < -0.3 is 10.5 Å². The molecular formula is C4H6N4O6S. The molecule has 0 aromatic rings. The zero-order valence-electron chi connectivity index (χ0n) is 7.32. The van der Waals surface area contributed by atoms with Gasteiger partial charge in [0.15, 0.2) is 0 Å². The third kappa shape index (κ3) is 2.45. The number of nitrogens with two attached hydrogens (primary N) is 1. The van der Waals surface area contributed by atoms with Crippen molar-refractivity contribution in [2.75, 3.05) is 7.11 Å². The van der Waals surface area contributed by atoms with Crippen LogP contribution in [0, 0.1) is 0 Å². The zero-order valence-corrected chi connectivity index (χ0v) is 8.13. The molecule has 1 aliphatic heterocycles. The van der Waals surface area contributed by atoms with Gasteiger partial charge >= 0.3 is 22.2 Å². The molecule has 15 heavy (non-hydrogen) atoms. The van der Waals surface area contributed by atoms with E-state index in [0.717, 1.165) is 7.11 Å². The van der Waals surface area contributed by atoms with Crippen molar-refractivity contribution < 1.29 is 26.7 Å². The maximum atomic E-state index is 11.1. The quantitative estimate of drug-likeness (QED) is 0.444. The summed E-state index contributed by atoms with van der Waals surface area (Å²) in [7, 11) is -4.02. The van der Waals surface area contributed by atoms with Crippen LogP contribution in [0.15, 0.2) is 15.2 Å². The van der Waals surface area contributed by atoms with Crippen LogP contribution < -0.4 is 5.73 Å². The van der Waals surface area contributed by atoms with Crippen molar-refractivity contribution >= 4 is 22.3 Å². The topological polar surface area (TPSA) is 153 Å². The lowest BCUT2D eigenvalue weighted by molar-refractivity contribution is -0.158. The lowest BCUT2D eigenvalue weighted by atomic mass is 10.4. The minimum Gasteiger partial charge on any atom is -0.464 e. The number of carbonyl (C=O) groups excluding carboxylic acids is 1. The van der Waals surface area contributed by atoms with Gasteiger partial charge in [-0.25, -0.2) is 4.79 Å². The SMILES string of the molecule is COC(=O)C1(OS(=O)(=O)O)N=NC(N)=N1. The molecule has 1 heterocycles. The smallest absolute Gasteiger partial charge is 0.401 e. The van der Waals surface area contributed by atoms with Gasteiger partial charge in [0.05, 0.1) is 7.11 Å². The van der Waals surface area contributed by atoms with E-state index in [1.807, 2.05) is 0 Å². The Labute approximate surface area is 83.7 Å². The molecule has 0 bridgehead atoms. The van der Waals surface area contributed by atoms with Crippen molar-refractivity contribution in [1.82, 2.24) is 0 Å². The average Bonchev–Trinajstić information content (AvgIpc) is 2.44. The molecular weight excluding hydrogens is 232 g/mol. The van der Waals surface area contributed by atoms with Crippen molar-refractivity contribution in [3.05, 3.63) is 0 Å². The van der Waals surface area contributed by atoms with Crippen LogP contribution in [0.1, 0.15) is 0 Å². The van der Waals surface area contributed by atoms with Crippen LogP contribution in [0.4, 0.5) is 0 Å². The van der Waals surface area contributed by atoms with Gasteiger partial charge in [-0.1, -0.05) is 0 Å². The second-order valence-electron chi connectivity index (χ2n) is 2.28. The summed E-state index contributed by atoms with van der Waals surface area (Å²) in [5.41, 5.74) is 5.05. The van der Waals surface area contributed by atoms with Crippen LogP contribution in [0.5, 0.6) is 0 Å². The van der Waals surface area contributed by atoms with Crippen LogP contribution >= 0.6 is 0 Å². The molecule has 0 saturated carbocycles. The van der Waals surface area contributed by atoms with Gasteiger partial charge in [0.1, 0.15) is 0 Å². The minimum absolute atomic E-state index is 0.482. The Morgan fingerprint density at radius 3 is 2.53 bits per heavy atom. The summed E-state index contributed by atoms with van der Waals surface area (Å²) < 4.78 is 37.4. The molecule has 0 radical (unpaired) electrons. The fourth-order valence-corrected chi connectivity index (χ4v) is 1.19. The molecule has 3 N–H and O–H groups in total. The zero-order chi connectivity index (χ0) is 11.7. The van der Waals surface area contributed by atoms with Crippen LogP contribution in [-0.4, -0.2) is 37.9 Å². The van der Waals surface area contributed by atoms with E-state index in [9.17, 15) is 13.2 Å². The van der Waals surface area contributed by atoms with Gasteiger partial charge in [-0.3, -0.25) is 4.55 Å². The Kier molecular flexibility index (Phi) is 2.70. The van der Waals surface area contributed by atoms with Gasteiger partial charge in [-0.05, 0) is 0 Å². The predicted molar refractivity (Wildman–Crippen MR) is 43.9 cm³/mol. The van der Waals surface area contributed by atoms with Crippen molar-refractivity contribution in [2.45, 2.75) is 5.85 Å². The molecule has 0 saturated heterocycles. The third-order valence-electron chi connectivity index (χ3n) is 1.23. The maximum absolute atomic E-state index is 11.1. The fraction of sp³-hybridized carbons (Fsp3) is 0.500. The molecule has 84 valence electrons. The molecule has 1 atom stereocenters. The van der Waals surface area contributed by atoms with E-state index in [-0.39, 0.29) is 0 Å². The summed E-state index contributed by atoms with van der Waals surface area (Å²) >= 11 is 0. The van der Waals surface area contributed by atoms with Crippen molar-refractivity contribution in [2.24, 2.45) is 21.0 Å². The Morgan fingerprint density at radius 2 is 2.20 bits per heavy atom. The Balaban J connectivity index is 3.11. The molecule has 0 fully saturated rings. The van der Waals surface area contributed by atoms with Crippen LogP contribution in [0.25, 0.3) is 0 Å². The second-order valence-corrected chi connectivity index (χ2v) is 3.30. The highest BCUT2D eigenvalue weighted by molar-refractivity contribution is 7.81. The van der Waals surface area contributed by atoms with E-state index < -0.39 is 28.2 Å². The van der Waals surface area contributed by atoms with Crippen LogP contribution in [0.2, 0.25) is 0 Å². The number of methoxy groups -OCH3 is 1.